The second kappa shape index (κ2) is 4.70. The van der Waals surface area contributed by atoms with Crippen molar-refractivity contribution in [3.63, 3.8) is 0 Å². The third-order valence-corrected chi connectivity index (χ3v) is 5.76. The number of benzene rings is 1. The van der Waals surface area contributed by atoms with Gasteiger partial charge in [-0.05, 0) is 23.8 Å². The van der Waals surface area contributed by atoms with Gasteiger partial charge in [0.05, 0.1) is 6.54 Å². The predicted molar refractivity (Wildman–Crippen MR) is 66.2 cm³/mol. The summed E-state index contributed by atoms with van der Waals surface area (Å²) in [5, 5.41) is 0. The Hall–Kier alpha value is -1.01. The van der Waals surface area contributed by atoms with Crippen molar-refractivity contribution in [1.82, 2.24) is 4.31 Å². The first-order chi connectivity index (χ1) is 8.11. The summed E-state index contributed by atoms with van der Waals surface area (Å²) in [5.74, 6) is 0.868. The summed E-state index contributed by atoms with van der Waals surface area (Å²) in [5.41, 5.74) is 0.707. The third kappa shape index (κ3) is 2.07. The molecule has 1 aliphatic heterocycles. The first kappa shape index (κ1) is 12.4. The van der Waals surface area contributed by atoms with E-state index >= 15 is 0 Å². The van der Waals surface area contributed by atoms with E-state index in [1.807, 2.05) is 13.0 Å². The fourth-order valence-corrected chi connectivity index (χ4v) is 4.57. The lowest BCUT2D eigenvalue weighted by molar-refractivity contribution is -0.114. The van der Waals surface area contributed by atoms with Crippen molar-refractivity contribution < 1.29 is 13.2 Å². The summed E-state index contributed by atoms with van der Waals surface area (Å²) in [6.45, 7) is 2.20. The Morgan fingerprint density at radius 1 is 1.47 bits per heavy atom. The molecule has 0 bridgehead atoms. The monoisotopic (exact) mass is 271 g/mol. The molecular formula is C11H13NO3S2. The first-order valence-electron chi connectivity index (χ1n) is 5.33. The maximum Gasteiger partial charge on any atom is 0.268 e. The van der Waals surface area contributed by atoms with Crippen LogP contribution in [-0.4, -0.2) is 24.9 Å². The van der Waals surface area contributed by atoms with Gasteiger partial charge in [0.2, 0.25) is 6.41 Å². The Morgan fingerprint density at radius 3 is 2.88 bits per heavy atom. The average Bonchev–Trinajstić information content (AvgIpc) is 2.58. The van der Waals surface area contributed by atoms with E-state index in [-0.39, 0.29) is 6.54 Å². The van der Waals surface area contributed by atoms with Crippen LogP contribution in [0.3, 0.4) is 0 Å². The second-order valence-corrected chi connectivity index (χ2v) is 6.71. The summed E-state index contributed by atoms with van der Waals surface area (Å²) < 4.78 is 25.0. The summed E-state index contributed by atoms with van der Waals surface area (Å²) in [4.78, 5) is 11.8. The van der Waals surface area contributed by atoms with Crippen molar-refractivity contribution in [3.05, 3.63) is 23.8 Å². The van der Waals surface area contributed by atoms with Gasteiger partial charge in [-0.15, -0.1) is 11.8 Å². The van der Waals surface area contributed by atoms with E-state index in [1.54, 1.807) is 12.1 Å². The molecule has 0 saturated carbocycles. The van der Waals surface area contributed by atoms with Crippen LogP contribution in [0.5, 0.6) is 0 Å². The molecule has 0 aromatic heterocycles. The molecule has 2 rings (SSSR count). The lowest BCUT2D eigenvalue weighted by atomic mass is 10.2. The van der Waals surface area contributed by atoms with Gasteiger partial charge in [-0.1, -0.05) is 19.1 Å². The molecule has 1 amide bonds. The van der Waals surface area contributed by atoms with Gasteiger partial charge in [-0.3, -0.25) is 4.79 Å². The predicted octanol–water partition coefficient (Wildman–Crippen LogP) is 1.85. The fraction of sp³-hybridized carbons (Fsp3) is 0.364. The van der Waals surface area contributed by atoms with Crippen LogP contribution in [0.4, 0.5) is 0 Å². The molecule has 4 nitrogen and oxygen atoms in total. The van der Waals surface area contributed by atoms with Gasteiger partial charge in [0.25, 0.3) is 10.0 Å². The minimum Gasteiger partial charge on any atom is -0.278 e. The molecule has 1 aromatic carbocycles. The highest BCUT2D eigenvalue weighted by Crippen LogP contribution is 2.37. The number of nitrogens with zero attached hydrogens (tertiary/aromatic N) is 1. The van der Waals surface area contributed by atoms with Crippen LogP contribution in [-0.2, 0) is 21.4 Å². The van der Waals surface area contributed by atoms with Gasteiger partial charge in [-0.25, -0.2) is 12.7 Å². The zero-order chi connectivity index (χ0) is 12.5. The number of carbonyl (C=O) groups excluding carboxylic acids is 1. The third-order valence-electron chi connectivity index (χ3n) is 2.53. The van der Waals surface area contributed by atoms with E-state index in [2.05, 4.69) is 0 Å². The van der Waals surface area contributed by atoms with E-state index < -0.39 is 10.0 Å². The molecule has 6 heteroatoms. The van der Waals surface area contributed by atoms with Gasteiger partial charge in [-0.2, -0.15) is 0 Å². The molecule has 0 unspecified atom stereocenters. The molecule has 0 aliphatic carbocycles. The van der Waals surface area contributed by atoms with E-state index in [0.29, 0.717) is 16.9 Å². The minimum atomic E-state index is -3.61. The Balaban J connectivity index is 2.50. The number of carbonyl (C=O) groups is 1. The molecule has 0 radical (unpaired) electrons. The van der Waals surface area contributed by atoms with Gasteiger partial charge in [0.1, 0.15) is 4.90 Å². The normalized spacial score (nSPS) is 16.9. The number of thioether (sulfide) groups is 1. The molecule has 0 spiro atoms. The SMILES string of the molecule is CCCSc1cccc2c1S(=O)(=O)N(C=O)C2. The first-order valence-corrected chi connectivity index (χ1v) is 7.75. The van der Waals surface area contributed by atoms with Crippen molar-refractivity contribution in [1.29, 1.82) is 0 Å². The van der Waals surface area contributed by atoms with E-state index in [1.165, 1.54) is 11.8 Å². The van der Waals surface area contributed by atoms with Crippen LogP contribution in [0, 0.1) is 0 Å². The number of fused-ring (bicyclic) bond motifs is 1. The van der Waals surface area contributed by atoms with Crippen LogP contribution in [0.2, 0.25) is 0 Å². The van der Waals surface area contributed by atoms with Crippen molar-refractivity contribution >= 4 is 28.2 Å². The van der Waals surface area contributed by atoms with Crippen LogP contribution in [0.15, 0.2) is 28.0 Å². The zero-order valence-electron chi connectivity index (χ0n) is 9.42. The Kier molecular flexibility index (Phi) is 3.44. The molecule has 1 heterocycles. The molecule has 0 atom stereocenters. The second-order valence-electron chi connectivity index (χ2n) is 3.75. The summed E-state index contributed by atoms with van der Waals surface area (Å²) >= 11 is 1.52. The van der Waals surface area contributed by atoms with Crippen molar-refractivity contribution in [2.75, 3.05) is 5.75 Å². The molecule has 1 aromatic rings. The van der Waals surface area contributed by atoms with E-state index in [9.17, 15) is 13.2 Å². The maximum atomic E-state index is 12.1. The summed E-state index contributed by atoms with van der Waals surface area (Å²) in [6, 6.07) is 5.39. The molecular weight excluding hydrogens is 258 g/mol. The van der Waals surface area contributed by atoms with Gasteiger partial charge in [0.15, 0.2) is 0 Å². The minimum absolute atomic E-state index is 0.154. The van der Waals surface area contributed by atoms with E-state index in [0.717, 1.165) is 21.4 Å². The zero-order valence-corrected chi connectivity index (χ0v) is 11.1. The Morgan fingerprint density at radius 2 is 2.24 bits per heavy atom. The van der Waals surface area contributed by atoms with Gasteiger partial charge >= 0.3 is 0 Å². The highest BCUT2D eigenvalue weighted by atomic mass is 32.2. The molecule has 0 N–H and O–H groups in total. The molecule has 92 valence electrons. The van der Waals surface area contributed by atoms with E-state index in [4.69, 9.17) is 0 Å². The fourth-order valence-electron chi connectivity index (χ4n) is 1.77. The maximum absolute atomic E-state index is 12.1. The van der Waals surface area contributed by atoms with Gasteiger partial charge in [0, 0.05) is 4.90 Å². The highest BCUT2D eigenvalue weighted by Gasteiger charge is 2.35. The Labute approximate surface area is 105 Å². The molecule has 17 heavy (non-hydrogen) atoms. The van der Waals surface area contributed by atoms with Crippen LogP contribution in [0.1, 0.15) is 18.9 Å². The highest BCUT2D eigenvalue weighted by molar-refractivity contribution is 8.00. The van der Waals surface area contributed by atoms with Crippen LogP contribution in [0.25, 0.3) is 0 Å². The lowest BCUT2D eigenvalue weighted by Gasteiger charge is -2.08. The number of amides is 1. The van der Waals surface area contributed by atoms with Crippen molar-refractivity contribution in [2.24, 2.45) is 0 Å². The largest absolute Gasteiger partial charge is 0.278 e. The topological polar surface area (TPSA) is 54.5 Å². The van der Waals surface area contributed by atoms with Crippen molar-refractivity contribution in [2.45, 2.75) is 29.7 Å². The lowest BCUT2D eigenvalue weighted by Crippen LogP contribution is -2.22. The van der Waals surface area contributed by atoms with Crippen molar-refractivity contribution in [3.8, 4) is 0 Å². The molecule has 0 fully saturated rings. The quantitative estimate of drug-likeness (QED) is 0.619. The smallest absolute Gasteiger partial charge is 0.268 e. The Bertz CT molecular complexity index is 540. The van der Waals surface area contributed by atoms with Gasteiger partial charge < -0.3 is 0 Å². The number of hydrogen-bond donors (Lipinski definition) is 0. The summed E-state index contributed by atoms with van der Waals surface area (Å²) in [7, 11) is -3.61. The average molecular weight is 271 g/mol. The number of hydrogen-bond acceptors (Lipinski definition) is 4. The van der Waals surface area contributed by atoms with Crippen LogP contribution < -0.4 is 0 Å². The number of sulfonamides is 1. The molecule has 1 aliphatic rings. The van der Waals surface area contributed by atoms with Crippen LogP contribution >= 0.6 is 11.8 Å². The standard InChI is InChI=1S/C11H13NO3S2/c1-2-6-16-10-5-3-4-9-7-12(8-13)17(14,15)11(9)10/h3-5,8H,2,6-7H2,1H3. The molecule has 0 saturated heterocycles. The summed E-state index contributed by atoms with van der Waals surface area (Å²) in [6.07, 6.45) is 1.36. The number of rotatable bonds is 4.